The third-order valence-electron chi connectivity index (χ3n) is 3.67. The fourth-order valence-electron chi connectivity index (χ4n) is 2.34. The van der Waals surface area contributed by atoms with Crippen molar-refractivity contribution in [2.24, 2.45) is 5.14 Å². The third-order valence-corrected chi connectivity index (χ3v) is 4.62. The van der Waals surface area contributed by atoms with Crippen molar-refractivity contribution in [3.63, 3.8) is 0 Å². The summed E-state index contributed by atoms with van der Waals surface area (Å²) in [5.74, 6) is -10.1. The fraction of sp³-hybridized carbons (Fsp3) is 0.188. The topological polar surface area (TPSA) is 108 Å². The minimum atomic E-state index is -5.10. The van der Waals surface area contributed by atoms with Crippen molar-refractivity contribution in [2.75, 3.05) is 14.2 Å². The largest absolute Gasteiger partial charge is 0.497 e. The van der Waals surface area contributed by atoms with Gasteiger partial charge in [0.05, 0.1) is 14.2 Å². The van der Waals surface area contributed by atoms with Gasteiger partial charge in [-0.15, -0.1) is 0 Å². The van der Waals surface area contributed by atoms with E-state index in [2.05, 4.69) is 5.32 Å². The molecule has 2 aromatic rings. The van der Waals surface area contributed by atoms with E-state index in [1.807, 2.05) is 0 Å². The number of primary sulfonamides is 1. The van der Waals surface area contributed by atoms with Crippen LogP contribution in [0, 0.1) is 23.3 Å². The monoisotopic (exact) mass is 422 g/mol. The van der Waals surface area contributed by atoms with Gasteiger partial charge < -0.3 is 14.8 Å². The van der Waals surface area contributed by atoms with Gasteiger partial charge in [-0.3, -0.25) is 4.79 Å². The molecule has 28 heavy (non-hydrogen) atoms. The molecule has 0 atom stereocenters. The first-order valence-corrected chi connectivity index (χ1v) is 8.95. The molecule has 3 N–H and O–H groups in total. The predicted octanol–water partition coefficient (Wildman–Crippen LogP) is 1.84. The van der Waals surface area contributed by atoms with Crippen LogP contribution in [0.1, 0.15) is 15.9 Å². The van der Waals surface area contributed by atoms with Gasteiger partial charge in [0.15, 0.2) is 23.3 Å². The van der Waals surface area contributed by atoms with E-state index < -0.39 is 49.7 Å². The Morgan fingerprint density at radius 1 is 1.04 bits per heavy atom. The molecule has 7 nitrogen and oxygen atoms in total. The molecular weight excluding hydrogens is 408 g/mol. The van der Waals surface area contributed by atoms with Crippen molar-refractivity contribution in [3.8, 4) is 11.5 Å². The Labute approximate surface area is 157 Å². The zero-order valence-corrected chi connectivity index (χ0v) is 15.3. The molecule has 0 aromatic heterocycles. The van der Waals surface area contributed by atoms with Gasteiger partial charge in [0.25, 0.3) is 5.91 Å². The zero-order chi connectivity index (χ0) is 21.2. The SMILES string of the molecule is COc1ccc(CNC(=O)c2c(F)c(F)c(F)c(F)c2S(N)(=O)=O)c(OC)c1. The lowest BCUT2D eigenvalue weighted by Gasteiger charge is -2.14. The quantitative estimate of drug-likeness (QED) is 0.420. The summed E-state index contributed by atoms with van der Waals surface area (Å²) in [6.07, 6.45) is 0. The highest BCUT2D eigenvalue weighted by Crippen LogP contribution is 2.28. The number of amides is 1. The molecule has 0 aliphatic rings. The molecule has 0 bridgehead atoms. The van der Waals surface area contributed by atoms with Crippen molar-refractivity contribution in [2.45, 2.75) is 11.4 Å². The molecule has 2 rings (SSSR count). The molecule has 0 heterocycles. The Bertz CT molecular complexity index is 1040. The second kappa shape index (κ2) is 8.02. The number of hydrogen-bond acceptors (Lipinski definition) is 5. The maximum atomic E-state index is 14.0. The van der Waals surface area contributed by atoms with Crippen molar-refractivity contribution >= 4 is 15.9 Å². The number of carbonyl (C=O) groups excluding carboxylic acids is 1. The van der Waals surface area contributed by atoms with Crippen LogP contribution in [-0.2, 0) is 16.6 Å². The normalized spacial score (nSPS) is 11.2. The van der Waals surface area contributed by atoms with Gasteiger partial charge in [0.2, 0.25) is 10.0 Å². The Morgan fingerprint density at radius 3 is 2.18 bits per heavy atom. The molecule has 0 aliphatic heterocycles. The summed E-state index contributed by atoms with van der Waals surface area (Å²) in [6, 6.07) is 4.45. The van der Waals surface area contributed by atoms with Crippen LogP contribution < -0.4 is 19.9 Å². The van der Waals surface area contributed by atoms with Crippen LogP contribution in [0.3, 0.4) is 0 Å². The lowest BCUT2D eigenvalue weighted by Crippen LogP contribution is -2.29. The zero-order valence-electron chi connectivity index (χ0n) is 14.5. The van der Waals surface area contributed by atoms with Gasteiger partial charge in [-0.2, -0.15) is 0 Å². The van der Waals surface area contributed by atoms with Crippen LogP contribution in [0.25, 0.3) is 0 Å². The van der Waals surface area contributed by atoms with Crippen LogP contribution in [0.2, 0.25) is 0 Å². The number of halogens is 4. The number of benzene rings is 2. The molecule has 2 aromatic carbocycles. The van der Waals surface area contributed by atoms with Gasteiger partial charge in [-0.25, -0.2) is 31.1 Å². The molecule has 0 unspecified atom stereocenters. The second-order valence-corrected chi connectivity index (χ2v) is 6.86. The van der Waals surface area contributed by atoms with Crippen molar-refractivity contribution in [3.05, 3.63) is 52.6 Å². The summed E-state index contributed by atoms with van der Waals surface area (Å²) in [5, 5.41) is 6.81. The summed E-state index contributed by atoms with van der Waals surface area (Å²) in [7, 11) is -2.37. The molecule has 0 radical (unpaired) electrons. The first-order chi connectivity index (χ1) is 13.0. The maximum Gasteiger partial charge on any atom is 0.256 e. The van der Waals surface area contributed by atoms with E-state index in [1.165, 1.54) is 32.4 Å². The van der Waals surface area contributed by atoms with Crippen LogP contribution in [0.5, 0.6) is 11.5 Å². The average molecular weight is 422 g/mol. The smallest absolute Gasteiger partial charge is 0.256 e. The molecule has 0 fully saturated rings. The van der Waals surface area contributed by atoms with E-state index in [0.717, 1.165) is 0 Å². The number of hydrogen-bond donors (Lipinski definition) is 2. The molecule has 0 aliphatic carbocycles. The summed E-state index contributed by atoms with van der Waals surface area (Å²) < 4.78 is 87.9. The number of ether oxygens (including phenoxy) is 2. The van der Waals surface area contributed by atoms with Crippen molar-refractivity contribution < 1.29 is 40.2 Å². The van der Waals surface area contributed by atoms with Gasteiger partial charge >= 0.3 is 0 Å². The summed E-state index contributed by atoms with van der Waals surface area (Å²) in [6.45, 7) is -0.351. The van der Waals surface area contributed by atoms with Crippen LogP contribution in [-0.4, -0.2) is 28.5 Å². The average Bonchev–Trinajstić information content (AvgIpc) is 2.65. The second-order valence-electron chi connectivity index (χ2n) is 5.37. The number of methoxy groups -OCH3 is 2. The van der Waals surface area contributed by atoms with E-state index >= 15 is 0 Å². The van der Waals surface area contributed by atoms with Crippen molar-refractivity contribution in [1.82, 2.24) is 5.32 Å². The minimum Gasteiger partial charge on any atom is -0.497 e. The van der Waals surface area contributed by atoms with E-state index in [4.69, 9.17) is 14.6 Å². The highest BCUT2D eigenvalue weighted by molar-refractivity contribution is 7.89. The number of carbonyl (C=O) groups is 1. The molecule has 0 spiro atoms. The fourth-order valence-corrected chi connectivity index (χ4v) is 3.15. The highest BCUT2D eigenvalue weighted by atomic mass is 32.2. The first-order valence-electron chi connectivity index (χ1n) is 7.40. The van der Waals surface area contributed by atoms with E-state index in [-0.39, 0.29) is 12.3 Å². The highest BCUT2D eigenvalue weighted by Gasteiger charge is 2.34. The number of nitrogens with two attached hydrogens (primary N) is 1. The van der Waals surface area contributed by atoms with Crippen LogP contribution >= 0.6 is 0 Å². The summed E-state index contributed by atoms with van der Waals surface area (Å²) in [5.41, 5.74) is -1.23. The molecule has 12 heteroatoms. The molecule has 152 valence electrons. The van der Waals surface area contributed by atoms with Gasteiger partial charge in [-0.05, 0) is 12.1 Å². The third kappa shape index (κ3) is 4.02. The number of nitrogens with one attached hydrogen (secondary N) is 1. The molecule has 0 saturated heterocycles. The maximum absolute atomic E-state index is 14.0. The predicted molar refractivity (Wildman–Crippen MR) is 88.4 cm³/mol. The van der Waals surface area contributed by atoms with Gasteiger partial charge in [-0.1, -0.05) is 0 Å². The molecular formula is C16H14F4N2O5S. The van der Waals surface area contributed by atoms with Gasteiger partial charge in [0.1, 0.15) is 22.0 Å². The molecule has 0 saturated carbocycles. The van der Waals surface area contributed by atoms with Crippen molar-refractivity contribution in [1.29, 1.82) is 0 Å². The van der Waals surface area contributed by atoms with E-state index in [1.54, 1.807) is 0 Å². The van der Waals surface area contributed by atoms with E-state index in [9.17, 15) is 30.8 Å². The number of sulfonamides is 1. The van der Waals surface area contributed by atoms with Gasteiger partial charge in [0, 0.05) is 18.2 Å². The van der Waals surface area contributed by atoms with E-state index in [0.29, 0.717) is 11.3 Å². The Balaban J connectivity index is 2.46. The lowest BCUT2D eigenvalue weighted by atomic mass is 10.1. The number of rotatable bonds is 6. The standard InChI is InChI=1S/C16H14F4N2O5S/c1-26-8-4-3-7(9(5-8)27-2)6-22-16(23)10-11(17)12(18)13(19)14(20)15(10)28(21,24)25/h3-5H,6H2,1-2H3,(H,22,23)(H2,21,24,25). The summed E-state index contributed by atoms with van der Waals surface area (Å²) in [4.78, 5) is 10.5. The Hall–Kier alpha value is -2.86. The lowest BCUT2D eigenvalue weighted by molar-refractivity contribution is 0.0940. The minimum absolute atomic E-state index is 0.253. The Morgan fingerprint density at radius 2 is 1.64 bits per heavy atom. The first kappa shape index (κ1) is 21.4. The van der Waals surface area contributed by atoms with Crippen LogP contribution in [0.4, 0.5) is 17.6 Å². The molecule has 1 amide bonds. The Kier molecular flexibility index (Phi) is 6.14. The van der Waals surface area contributed by atoms with Crippen LogP contribution in [0.15, 0.2) is 23.1 Å². The summed E-state index contributed by atoms with van der Waals surface area (Å²) >= 11 is 0.